The van der Waals surface area contributed by atoms with E-state index in [4.69, 9.17) is 8.85 Å². The van der Waals surface area contributed by atoms with Gasteiger partial charge in [0.05, 0.1) is 12.6 Å². The van der Waals surface area contributed by atoms with E-state index in [9.17, 15) is 19.5 Å². The molecular weight excluding hydrogens is 342 g/mol. The van der Waals surface area contributed by atoms with Crippen LogP contribution in [0, 0.1) is 0 Å². The highest BCUT2D eigenvalue weighted by Crippen LogP contribution is 2.18. The van der Waals surface area contributed by atoms with E-state index in [-0.39, 0.29) is 6.61 Å². The lowest BCUT2D eigenvalue weighted by molar-refractivity contribution is 0.0589. The number of hydrogen-bond donors (Lipinski definition) is 3. The normalized spacial score (nSPS) is 14.9. The minimum absolute atomic E-state index is 0.128. The molecule has 0 bridgehead atoms. The summed E-state index contributed by atoms with van der Waals surface area (Å²) in [6.07, 6.45) is -1.09. The zero-order chi connectivity index (χ0) is 21.8. The van der Waals surface area contributed by atoms with Crippen molar-refractivity contribution in [2.75, 3.05) is 7.11 Å². The number of ether oxygens (including phenoxy) is 2. The minimum Gasteiger partial charge on any atom is -0.501 e. The zero-order valence-electron chi connectivity index (χ0n) is 17.0. The predicted molar refractivity (Wildman–Crippen MR) is 90.7 cm³/mol. The van der Waals surface area contributed by atoms with Gasteiger partial charge in [0, 0.05) is 4.11 Å². The van der Waals surface area contributed by atoms with Gasteiger partial charge in [-0.3, -0.25) is 4.79 Å². The van der Waals surface area contributed by atoms with E-state index in [2.05, 4.69) is 20.0 Å². The number of H-pyrrole nitrogens is 1. The molecule has 26 heavy (non-hydrogen) atoms. The predicted octanol–water partition coefficient (Wildman–Crippen LogP) is 1.42. The molecule has 0 saturated carbocycles. The van der Waals surface area contributed by atoms with Crippen molar-refractivity contribution in [1.82, 2.24) is 15.3 Å². The van der Waals surface area contributed by atoms with E-state index in [1.807, 2.05) is 0 Å². The monoisotopic (exact) mass is 364 g/mol. The summed E-state index contributed by atoms with van der Waals surface area (Å²) >= 11 is 0. The maximum Gasteiger partial charge on any atom is 0.408 e. The smallest absolute Gasteiger partial charge is 0.408 e. The number of esters is 1. The number of benzene rings is 1. The molecular formula is C17H19N3O6. The number of carbonyl (C=O) groups excluding carboxylic acids is 2. The molecule has 1 amide bonds. The van der Waals surface area contributed by atoms with Crippen molar-refractivity contribution in [2.24, 2.45) is 0 Å². The van der Waals surface area contributed by atoms with Gasteiger partial charge in [-0.15, -0.1) is 0 Å². The van der Waals surface area contributed by atoms with Gasteiger partial charge in [0.25, 0.3) is 5.56 Å². The van der Waals surface area contributed by atoms with Crippen molar-refractivity contribution in [3.05, 3.63) is 57.8 Å². The lowest BCUT2D eigenvalue weighted by atomic mass is 10.0. The van der Waals surface area contributed by atoms with Crippen LogP contribution in [0.15, 0.2) is 35.1 Å². The molecule has 3 N–H and O–H groups in total. The molecule has 9 heteroatoms. The molecule has 0 radical (unpaired) electrons. The Hall–Kier alpha value is -3.36. The van der Waals surface area contributed by atoms with E-state index in [0.29, 0.717) is 5.56 Å². The summed E-state index contributed by atoms with van der Waals surface area (Å²) in [6, 6.07) is 8.67. The Morgan fingerprint density at radius 3 is 2.69 bits per heavy atom. The van der Waals surface area contributed by atoms with Crippen LogP contribution in [0.25, 0.3) is 0 Å². The van der Waals surface area contributed by atoms with E-state index in [1.54, 1.807) is 30.3 Å². The van der Waals surface area contributed by atoms with Gasteiger partial charge >= 0.3 is 12.1 Å². The van der Waals surface area contributed by atoms with Crippen molar-refractivity contribution in [1.29, 1.82) is 0 Å². The molecule has 0 aliphatic rings. The summed E-state index contributed by atoms with van der Waals surface area (Å²) in [5, 5.41) is 11.9. The van der Waals surface area contributed by atoms with Crippen molar-refractivity contribution < 1.29 is 28.3 Å². The van der Waals surface area contributed by atoms with Crippen LogP contribution < -0.4 is 10.9 Å². The van der Waals surface area contributed by atoms with Crippen molar-refractivity contribution in [3.63, 3.8) is 0 Å². The number of aromatic hydroxyl groups is 1. The van der Waals surface area contributed by atoms with Crippen molar-refractivity contribution in [2.45, 2.75) is 25.9 Å². The highest BCUT2D eigenvalue weighted by Gasteiger charge is 2.29. The van der Waals surface area contributed by atoms with E-state index in [0.717, 1.165) is 14.0 Å². The molecule has 9 nitrogen and oxygen atoms in total. The van der Waals surface area contributed by atoms with Crippen LogP contribution in [-0.2, 0) is 21.6 Å². The lowest BCUT2D eigenvalue weighted by Crippen LogP contribution is -2.43. The Labute approximate surface area is 153 Å². The Bertz CT molecular complexity index is 961. The molecule has 0 saturated heterocycles. The number of nitrogens with one attached hydrogen (secondary N) is 2. The number of alkyl carbamates (subject to hydrolysis) is 1. The van der Waals surface area contributed by atoms with Crippen molar-refractivity contribution >= 4 is 12.1 Å². The molecule has 2 aromatic rings. The second-order valence-corrected chi connectivity index (χ2v) is 5.42. The largest absolute Gasteiger partial charge is 0.501 e. The third kappa shape index (κ3) is 4.38. The first-order chi connectivity index (χ1) is 13.5. The summed E-state index contributed by atoms with van der Waals surface area (Å²) in [7, 11) is 0.993. The highest BCUT2D eigenvalue weighted by atomic mass is 16.5. The number of aromatic amines is 1. The molecule has 1 atom stereocenters. The number of amides is 1. The second kappa shape index (κ2) is 7.68. The van der Waals surface area contributed by atoms with Gasteiger partial charge in [0.2, 0.25) is 5.75 Å². The first-order valence-electron chi connectivity index (χ1n) is 8.90. The molecule has 0 fully saturated rings. The second-order valence-electron chi connectivity index (χ2n) is 5.42. The first kappa shape index (κ1) is 14.9. The van der Waals surface area contributed by atoms with Crippen LogP contribution in [0.3, 0.4) is 0 Å². The fourth-order valence-electron chi connectivity index (χ4n) is 1.97. The highest BCUT2D eigenvalue weighted by molar-refractivity contribution is 5.89. The molecule has 0 aliphatic carbocycles. The van der Waals surface area contributed by atoms with E-state index in [1.165, 1.54) is 0 Å². The lowest BCUT2D eigenvalue weighted by Gasteiger charge is -2.25. The van der Waals surface area contributed by atoms with Crippen LogP contribution in [0.2, 0.25) is 0 Å². The maximum atomic E-state index is 12.2. The maximum absolute atomic E-state index is 12.2. The number of aromatic nitrogens is 2. The first-order valence-corrected chi connectivity index (χ1v) is 7.40. The fourth-order valence-corrected chi connectivity index (χ4v) is 1.97. The summed E-state index contributed by atoms with van der Waals surface area (Å²) in [4.78, 5) is 41.7. The van der Waals surface area contributed by atoms with Crippen LogP contribution >= 0.6 is 0 Å². The summed E-state index contributed by atoms with van der Waals surface area (Å²) < 4.78 is 32.8. The van der Waals surface area contributed by atoms with Crippen LogP contribution in [0.4, 0.5) is 4.79 Å². The molecule has 2 rings (SSSR count). The third-order valence-corrected chi connectivity index (χ3v) is 3.31. The van der Waals surface area contributed by atoms with E-state index >= 15 is 0 Å². The van der Waals surface area contributed by atoms with Crippen LogP contribution in [-0.4, -0.2) is 34.2 Å². The summed E-state index contributed by atoms with van der Waals surface area (Å²) in [6.45, 7) is -1.98. The quantitative estimate of drug-likeness (QED) is 0.684. The van der Waals surface area contributed by atoms with Gasteiger partial charge in [-0.2, -0.15) is 0 Å². The molecule has 1 heterocycles. The number of hydrogen-bond acceptors (Lipinski definition) is 7. The molecule has 0 aliphatic heterocycles. The Kier molecular flexibility index (Phi) is 4.41. The van der Waals surface area contributed by atoms with Gasteiger partial charge in [0.1, 0.15) is 12.4 Å². The van der Waals surface area contributed by atoms with Gasteiger partial charge < -0.3 is 24.9 Å². The summed E-state index contributed by atoms with van der Waals surface area (Å²) in [5.41, 5.74) is -3.55. The molecule has 0 spiro atoms. The Morgan fingerprint density at radius 1 is 1.38 bits per heavy atom. The standard InChI is InChI=1S/C17H19N3O6/c1-17(2,20-16(24)26-9-10-7-5-4-6-8-10)15-18-11(14(23)25-3)12(21)13(22)19-15/h4-8,21H,9H2,1-3H3,(H,20,24)(H,18,19,22)/i1D3. The number of nitrogens with zero attached hydrogens (tertiary/aromatic N) is 1. The van der Waals surface area contributed by atoms with E-state index < -0.39 is 47.3 Å². The average Bonchev–Trinajstić information content (AvgIpc) is 2.67. The molecule has 1 aromatic heterocycles. The van der Waals surface area contributed by atoms with Crippen molar-refractivity contribution in [3.8, 4) is 5.75 Å². The van der Waals surface area contributed by atoms with Crippen LogP contribution in [0.1, 0.15) is 39.8 Å². The van der Waals surface area contributed by atoms with Gasteiger partial charge in [-0.25, -0.2) is 14.6 Å². The van der Waals surface area contributed by atoms with Gasteiger partial charge in [-0.1, -0.05) is 30.3 Å². The molecule has 1 aromatic carbocycles. The molecule has 1 unspecified atom stereocenters. The average molecular weight is 364 g/mol. The Morgan fingerprint density at radius 2 is 2.08 bits per heavy atom. The van der Waals surface area contributed by atoms with Gasteiger partial charge in [0.15, 0.2) is 5.69 Å². The number of carbonyl (C=O) groups is 2. The zero-order valence-corrected chi connectivity index (χ0v) is 14.0. The number of rotatable bonds is 5. The van der Waals surface area contributed by atoms with Crippen LogP contribution in [0.5, 0.6) is 5.75 Å². The Balaban J connectivity index is 2.38. The topological polar surface area (TPSA) is 131 Å². The fraction of sp³-hybridized carbons (Fsp3) is 0.294. The SMILES string of the molecule is [2H]C([2H])([2H])C(C)(NC(=O)OCc1ccccc1)c1nc(C(=O)OC)c(O)c(=O)[nH]1. The number of methoxy groups -OCH3 is 1. The molecule has 138 valence electrons. The minimum atomic E-state index is -2.92. The summed E-state index contributed by atoms with van der Waals surface area (Å²) in [5.74, 6) is -2.79. The van der Waals surface area contributed by atoms with Gasteiger partial charge in [-0.05, 0) is 19.3 Å². The third-order valence-electron chi connectivity index (χ3n) is 3.31.